The van der Waals surface area contributed by atoms with Crippen molar-refractivity contribution in [3.05, 3.63) is 53.1 Å². The predicted molar refractivity (Wildman–Crippen MR) is 147 cm³/mol. The van der Waals surface area contributed by atoms with Crippen molar-refractivity contribution in [2.75, 3.05) is 24.7 Å². The van der Waals surface area contributed by atoms with Crippen LogP contribution in [0.15, 0.2) is 42.5 Å². The molecule has 0 aromatic heterocycles. The van der Waals surface area contributed by atoms with Gasteiger partial charge in [0.15, 0.2) is 0 Å². The Labute approximate surface area is 234 Å². The zero-order chi connectivity index (χ0) is 28.1. The zero-order valence-electron chi connectivity index (χ0n) is 22.9. The molecule has 5 rings (SSSR count). The highest BCUT2D eigenvalue weighted by molar-refractivity contribution is 6.34. The third-order valence-electron chi connectivity index (χ3n) is 8.99. The van der Waals surface area contributed by atoms with Gasteiger partial charge in [-0.1, -0.05) is 68.3 Å². The summed E-state index contributed by atoms with van der Waals surface area (Å²) >= 11 is 6.61. The number of cyclic esters (lactones) is 1. The SMILES string of the molecule is CC[C@H](C)[C@H](CO)N1C(=O)[C@@H]2[C@H]3C(=O)OCCC/C=C\[C@@]3(C)O[C@@]23C=CCN(c2c(C)cccc2Cl)C(=O)C13. The molecule has 0 aliphatic carbocycles. The number of para-hydroxylation sites is 1. The Morgan fingerprint density at radius 3 is 2.62 bits per heavy atom. The number of anilines is 1. The molecule has 9 heteroatoms. The van der Waals surface area contributed by atoms with Gasteiger partial charge in [-0.05, 0) is 44.2 Å². The minimum absolute atomic E-state index is 0.107. The monoisotopic (exact) mass is 556 g/mol. The minimum Gasteiger partial charge on any atom is -0.465 e. The van der Waals surface area contributed by atoms with E-state index in [1.807, 2.05) is 51.1 Å². The summed E-state index contributed by atoms with van der Waals surface area (Å²) in [5.74, 6) is -3.30. The van der Waals surface area contributed by atoms with Crippen LogP contribution in [-0.2, 0) is 23.9 Å². The van der Waals surface area contributed by atoms with Crippen molar-refractivity contribution >= 4 is 35.1 Å². The number of ether oxygens (including phenoxy) is 2. The molecule has 0 saturated carbocycles. The van der Waals surface area contributed by atoms with Crippen LogP contribution in [-0.4, -0.2) is 70.8 Å². The molecule has 4 aliphatic rings. The van der Waals surface area contributed by atoms with E-state index in [9.17, 15) is 19.5 Å². The molecule has 2 saturated heterocycles. The van der Waals surface area contributed by atoms with Gasteiger partial charge in [0, 0.05) is 6.54 Å². The minimum atomic E-state index is -1.43. The molecule has 1 N–H and O–H groups in total. The third-order valence-corrected chi connectivity index (χ3v) is 9.30. The summed E-state index contributed by atoms with van der Waals surface area (Å²) < 4.78 is 12.5. The number of aliphatic hydroxyl groups excluding tert-OH is 1. The maximum atomic E-state index is 14.7. The van der Waals surface area contributed by atoms with E-state index in [1.54, 1.807) is 24.0 Å². The Morgan fingerprint density at radius 1 is 1.15 bits per heavy atom. The molecule has 2 fully saturated rings. The second-order valence-electron chi connectivity index (χ2n) is 11.3. The van der Waals surface area contributed by atoms with Gasteiger partial charge in [-0.15, -0.1) is 0 Å². The summed E-state index contributed by atoms with van der Waals surface area (Å²) in [6.07, 6.45) is 9.49. The molecule has 1 aromatic carbocycles. The van der Waals surface area contributed by atoms with E-state index < -0.39 is 41.1 Å². The number of carbonyl (C=O) groups is 3. The fourth-order valence-electron chi connectivity index (χ4n) is 6.91. The lowest BCUT2D eigenvalue weighted by Crippen LogP contribution is -2.60. The van der Waals surface area contributed by atoms with E-state index in [-0.39, 0.29) is 37.5 Å². The zero-order valence-corrected chi connectivity index (χ0v) is 23.7. The first-order valence-corrected chi connectivity index (χ1v) is 14.2. The molecule has 210 valence electrons. The first-order valence-electron chi connectivity index (χ1n) is 13.8. The van der Waals surface area contributed by atoms with Gasteiger partial charge in [-0.2, -0.15) is 0 Å². The smallest absolute Gasteiger partial charge is 0.313 e. The van der Waals surface area contributed by atoms with Crippen molar-refractivity contribution in [3.8, 4) is 0 Å². The number of rotatable bonds is 5. The van der Waals surface area contributed by atoms with Gasteiger partial charge in [-0.25, -0.2) is 0 Å². The number of hydrogen-bond donors (Lipinski definition) is 1. The summed E-state index contributed by atoms with van der Waals surface area (Å²) in [6.45, 7) is 7.74. The highest BCUT2D eigenvalue weighted by Crippen LogP contribution is 2.58. The average Bonchev–Trinajstić information content (AvgIpc) is 3.25. The van der Waals surface area contributed by atoms with Gasteiger partial charge in [0.05, 0.1) is 41.5 Å². The van der Waals surface area contributed by atoms with Gasteiger partial charge in [0.25, 0.3) is 5.91 Å². The predicted octanol–water partition coefficient (Wildman–Crippen LogP) is 3.82. The van der Waals surface area contributed by atoms with Crippen molar-refractivity contribution in [2.45, 2.75) is 70.2 Å². The van der Waals surface area contributed by atoms with Crippen molar-refractivity contribution in [2.24, 2.45) is 17.8 Å². The second-order valence-corrected chi connectivity index (χ2v) is 11.8. The summed E-state index contributed by atoms with van der Waals surface area (Å²) in [7, 11) is 0. The number of halogens is 1. The molecule has 2 amide bonds. The number of esters is 1. The Bertz CT molecular complexity index is 1210. The number of allylic oxidation sites excluding steroid dienone is 1. The molecule has 0 radical (unpaired) electrons. The quantitative estimate of drug-likeness (QED) is 0.437. The first-order chi connectivity index (χ1) is 18.6. The number of likely N-dealkylation sites (tertiary alicyclic amines) is 1. The van der Waals surface area contributed by atoms with Crippen molar-refractivity contribution in [1.29, 1.82) is 0 Å². The fourth-order valence-corrected chi connectivity index (χ4v) is 7.23. The fraction of sp³-hybridized carbons (Fsp3) is 0.567. The molecule has 0 bridgehead atoms. The topological polar surface area (TPSA) is 96.4 Å². The Morgan fingerprint density at radius 2 is 1.92 bits per heavy atom. The van der Waals surface area contributed by atoms with E-state index in [4.69, 9.17) is 21.1 Å². The highest BCUT2D eigenvalue weighted by atomic mass is 35.5. The second kappa shape index (κ2) is 10.4. The van der Waals surface area contributed by atoms with Gasteiger partial charge in [0.2, 0.25) is 5.91 Å². The number of nitrogens with zero attached hydrogens (tertiary/aromatic N) is 2. The Hall–Kier alpha value is -2.68. The summed E-state index contributed by atoms with van der Waals surface area (Å²) in [5, 5.41) is 11.0. The van der Waals surface area contributed by atoms with Crippen LogP contribution in [0, 0.1) is 24.7 Å². The van der Waals surface area contributed by atoms with E-state index >= 15 is 0 Å². The lowest BCUT2D eigenvalue weighted by atomic mass is 9.74. The molecule has 1 spiro atoms. The van der Waals surface area contributed by atoms with E-state index in [2.05, 4.69) is 0 Å². The maximum absolute atomic E-state index is 14.7. The van der Waals surface area contributed by atoms with E-state index in [1.165, 1.54) is 4.90 Å². The van der Waals surface area contributed by atoms with Crippen LogP contribution in [0.5, 0.6) is 0 Å². The van der Waals surface area contributed by atoms with Gasteiger partial charge in [-0.3, -0.25) is 14.4 Å². The molecule has 4 aliphatic heterocycles. The lowest BCUT2D eigenvalue weighted by Gasteiger charge is -2.41. The van der Waals surface area contributed by atoms with Gasteiger partial charge in [0.1, 0.15) is 17.6 Å². The molecule has 4 heterocycles. The lowest BCUT2D eigenvalue weighted by molar-refractivity contribution is -0.160. The van der Waals surface area contributed by atoms with Crippen LogP contribution in [0.4, 0.5) is 5.69 Å². The normalized spacial score (nSPS) is 34.7. The largest absolute Gasteiger partial charge is 0.465 e. The van der Waals surface area contributed by atoms with Gasteiger partial charge < -0.3 is 24.4 Å². The van der Waals surface area contributed by atoms with Crippen LogP contribution < -0.4 is 4.90 Å². The number of aliphatic hydroxyl groups is 1. The molecule has 1 aromatic rings. The number of carbonyl (C=O) groups excluding carboxylic acids is 3. The molecular formula is C30H37ClN2O6. The highest BCUT2D eigenvalue weighted by Gasteiger charge is 2.75. The van der Waals surface area contributed by atoms with Gasteiger partial charge >= 0.3 is 5.97 Å². The number of aryl methyl sites for hydroxylation is 1. The molecule has 39 heavy (non-hydrogen) atoms. The standard InChI is InChI=1S/C30H37ClN2O6/c1-5-18(2)21(17-34)33-25-27(36)32(24-19(3)11-9-12-20(24)31)15-10-14-30(25)22(26(33)35)23-28(37)38-16-8-6-7-13-29(23,4)39-30/h7,9-14,18,21-23,25,34H,5-6,8,15-17H2,1-4H3/b13-7-/t18-,21-,22-,23-,25?,29+,30-/m0/s1. The van der Waals surface area contributed by atoms with Crippen LogP contribution in [0.25, 0.3) is 0 Å². The van der Waals surface area contributed by atoms with Crippen molar-refractivity contribution in [3.63, 3.8) is 0 Å². The maximum Gasteiger partial charge on any atom is 0.313 e. The van der Waals surface area contributed by atoms with E-state index in [0.29, 0.717) is 30.0 Å². The third kappa shape index (κ3) is 4.23. The summed E-state index contributed by atoms with van der Waals surface area (Å²) in [4.78, 5) is 45.8. The van der Waals surface area contributed by atoms with Crippen molar-refractivity contribution in [1.82, 2.24) is 4.90 Å². The van der Waals surface area contributed by atoms with Crippen LogP contribution >= 0.6 is 11.6 Å². The summed E-state index contributed by atoms with van der Waals surface area (Å²) in [5.41, 5.74) is -1.20. The van der Waals surface area contributed by atoms with Crippen LogP contribution in [0.1, 0.15) is 45.6 Å². The van der Waals surface area contributed by atoms with Crippen LogP contribution in [0.3, 0.4) is 0 Å². The molecule has 8 nitrogen and oxygen atoms in total. The van der Waals surface area contributed by atoms with E-state index in [0.717, 1.165) is 5.56 Å². The molecule has 7 atom stereocenters. The Kier molecular flexibility index (Phi) is 7.42. The van der Waals surface area contributed by atoms with Crippen molar-refractivity contribution < 1.29 is 29.0 Å². The number of benzene rings is 1. The average molecular weight is 557 g/mol. The Balaban J connectivity index is 1.72. The van der Waals surface area contributed by atoms with Crippen LogP contribution in [0.2, 0.25) is 5.02 Å². The molecule has 1 unspecified atom stereocenters. The number of amides is 2. The molecular weight excluding hydrogens is 520 g/mol. The number of fused-ring (bicyclic) bond motifs is 2. The number of hydrogen-bond acceptors (Lipinski definition) is 6. The first kappa shape index (κ1) is 27.9. The summed E-state index contributed by atoms with van der Waals surface area (Å²) in [6, 6.07) is 3.69.